The lowest BCUT2D eigenvalue weighted by atomic mass is 10.1. The number of carbonyl (C=O) groups excluding carboxylic acids is 2. The van der Waals surface area contributed by atoms with Gasteiger partial charge in [-0.2, -0.15) is 4.39 Å². The molecular weight excluding hydrogens is 389 g/mol. The van der Waals surface area contributed by atoms with Crippen LogP contribution in [0.15, 0.2) is 42.6 Å². The van der Waals surface area contributed by atoms with Gasteiger partial charge in [0.1, 0.15) is 11.5 Å². The molecule has 0 aliphatic heterocycles. The number of benzene rings is 1. The fourth-order valence-corrected chi connectivity index (χ4v) is 2.85. The second kappa shape index (κ2) is 8.69. The summed E-state index contributed by atoms with van der Waals surface area (Å²) >= 11 is 0. The molecule has 2 heterocycles. The number of methoxy groups -OCH3 is 2. The average molecular weight is 409 g/mol. The monoisotopic (exact) mass is 409 g/mol. The lowest BCUT2D eigenvalue weighted by Gasteiger charge is -2.11. The predicted molar refractivity (Wildman–Crippen MR) is 110 cm³/mol. The number of carbonyl (C=O) groups is 2. The Morgan fingerprint density at radius 1 is 1.03 bits per heavy atom. The summed E-state index contributed by atoms with van der Waals surface area (Å²) in [6, 6.07) is 9.39. The van der Waals surface area contributed by atoms with E-state index in [1.54, 1.807) is 37.3 Å². The van der Waals surface area contributed by atoms with Gasteiger partial charge in [-0.15, -0.1) is 0 Å². The molecular formula is C22H20FN3O4. The van der Waals surface area contributed by atoms with E-state index in [-0.39, 0.29) is 5.56 Å². The van der Waals surface area contributed by atoms with Gasteiger partial charge in [-0.1, -0.05) is 0 Å². The van der Waals surface area contributed by atoms with E-state index in [0.717, 1.165) is 0 Å². The van der Waals surface area contributed by atoms with Crippen LogP contribution in [-0.2, 0) is 0 Å². The Morgan fingerprint density at radius 2 is 1.70 bits per heavy atom. The normalized spacial score (nSPS) is 10.4. The number of ketones is 1. The van der Waals surface area contributed by atoms with Crippen molar-refractivity contribution < 1.29 is 23.5 Å². The number of anilines is 1. The van der Waals surface area contributed by atoms with E-state index in [0.29, 0.717) is 39.7 Å². The minimum absolute atomic E-state index is 0.0826. The van der Waals surface area contributed by atoms with E-state index in [4.69, 9.17) is 9.47 Å². The molecule has 0 fully saturated rings. The smallest absolute Gasteiger partial charge is 0.255 e. The number of nitrogens with zero attached hydrogens (tertiary/aromatic N) is 2. The first-order chi connectivity index (χ1) is 14.3. The van der Waals surface area contributed by atoms with Gasteiger partial charge in [0, 0.05) is 22.9 Å². The van der Waals surface area contributed by atoms with Gasteiger partial charge in [0.15, 0.2) is 5.78 Å². The molecule has 7 nitrogen and oxygen atoms in total. The number of aromatic nitrogens is 2. The molecule has 30 heavy (non-hydrogen) atoms. The molecule has 0 saturated carbocycles. The lowest BCUT2D eigenvalue weighted by Crippen LogP contribution is -2.13. The van der Waals surface area contributed by atoms with E-state index in [1.807, 2.05) is 0 Å². The molecule has 0 aliphatic carbocycles. The molecule has 1 amide bonds. The first-order valence-electron chi connectivity index (χ1n) is 9.01. The van der Waals surface area contributed by atoms with Gasteiger partial charge in [-0.3, -0.25) is 14.6 Å². The summed E-state index contributed by atoms with van der Waals surface area (Å²) in [5, 5.41) is 2.75. The molecule has 1 aromatic carbocycles. The molecule has 154 valence electrons. The van der Waals surface area contributed by atoms with E-state index in [1.165, 1.54) is 33.4 Å². The largest absolute Gasteiger partial charge is 0.497 e. The van der Waals surface area contributed by atoms with Crippen LogP contribution in [0.1, 0.15) is 33.3 Å². The zero-order chi connectivity index (χ0) is 21.8. The number of rotatable bonds is 6. The van der Waals surface area contributed by atoms with Crippen molar-refractivity contribution in [3.63, 3.8) is 0 Å². The summed E-state index contributed by atoms with van der Waals surface area (Å²) in [5.74, 6) is -0.691. The Kier molecular flexibility index (Phi) is 6.06. The number of ether oxygens (including phenoxy) is 2. The summed E-state index contributed by atoms with van der Waals surface area (Å²) in [6.07, 6.45) is 1.49. The molecule has 0 spiro atoms. The van der Waals surface area contributed by atoms with Crippen molar-refractivity contribution in [1.29, 1.82) is 0 Å². The van der Waals surface area contributed by atoms with Crippen molar-refractivity contribution in [3.05, 3.63) is 65.4 Å². The Morgan fingerprint density at radius 3 is 2.27 bits per heavy atom. The van der Waals surface area contributed by atoms with E-state index >= 15 is 0 Å². The number of aryl methyl sites for hydroxylation is 1. The molecule has 0 radical (unpaired) electrons. The van der Waals surface area contributed by atoms with Crippen LogP contribution in [0.3, 0.4) is 0 Å². The van der Waals surface area contributed by atoms with Gasteiger partial charge in [0.25, 0.3) is 5.91 Å². The van der Waals surface area contributed by atoms with Crippen molar-refractivity contribution in [1.82, 2.24) is 9.97 Å². The first-order valence-corrected chi connectivity index (χ1v) is 9.01. The number of Topliss-reactive ketones (excluding diaryl/α,β-unsaturated/α-hetero) is 1. The molecule has 1 N–H and O–H groups in total. The average Bonchev–Trinajstić information content (AvgIpc) is 2.74. The quantitative estimate of drug-likeness (QED) is 0.488. The van der Waals surface area contributed by atoms with E-state index in [2.05, 4.69) is 15.3 Å². The van der Waals surface area contributed by atoms with Gasteiger partial charge in [-0.25, -0.2) is 4.98 Å². The maximum atomic E-state index is 14.1. The highest BCUT2D eigenvalue weighted by Crippen LogP contribution is 2.26. The van der Waals surface area contributed by atoms with Crippen LogP contribution in [0, 0.1) is 12.9 Å². The molecule has 0 atom stereocenters. The summed E-state index contributed by atoms with van der Waals surface area (Å²) < 4.78 is 24.5. The Labute approximate surface area is 172 Å². The lowest BCUT2D eigenvalue weighted by molar-refractivity contribution is 0.100. The second-order valence-corrected chi connectivity index (χ2v) is 6.50. The minimum Gasteiger partial charge on any atom is -0.497 e. The maximum absolute atomic E-state index is 14.1. The summed E-state index contributed by atoms with van der Waals surface area (Å²) in [4.78, 5) is 32.3. The molecule has 0 aliphatic rings. The topological polar surface area (TPSA) is 90.4 Å². The highest BCUT2D eigenvalue weighted by Gasteiger charge is 2.15. The van der Waals surface area contributed by atoms with Gasteiger partial charge >= 0.3 is 0 Å². The summed E-state index contributed by atoms with van der Waals surface area (Å²) in [7, 11) is 2.99. The molecule has 3 aromatic rings. The second-order valence-electron chi connectivity index (χ2n) is 6.50. The zero-order valence-electron chi connectivity index (χ0n) is 16.9. The van der Waals surface area contributed by atoms with Crippen LogP contribution < -0.4 is 14.8 Å². The van der Waals surface area contributed by atoms with E-state index < -0.39 is 17.6 Å². The molecule has 0 unspecified atom stereocenters. The standard InChI is InChI=1S/C22H20FN3O4/c1-12-19(20-6-5-18(13(2)27)21(23)26-20)9-15(11-24-12)25-22(28)14-7-16(29-3)10-17(8-14)30-4/h5-11H,1-4H3,(H,25,28). The number of hydrogen-bond acceptors (Lipinski definition) is 6. The fourth-order valence-electron chi connectivity index (χ4n) is 2.85. The number of halogens is 1. The third-order valence-corrected chi connectivity index (χ3v) is 4.46. The zero-order valence-corrected chi connectivity index (χ0v) is 16.9. The highest BCUT2D eigenvalue weighted by atomic mass is 19.1. The maximum Gasteiger partial charge on any atom is 0.255 e. The Bertz CT molecular complexity index is 1110. The number of amides is 1. The third-order valence-electron chi connectivity index (χ3n) is 4.46. The van der Waals surface area contributed by atoms with Crippen molar-refractivity contribution in [2.75, 3.05) is 19.5 Å². The van der Waals surface area contributed by atoms with Crippen LogP contribution in [0.5, 0.6) is 11.5 Å². The molecule has 0 saturated heterocycles. The summed E-state index contributed by atoms with van der Waals surface area (Å²) in [5.41, 5.74) is 2.09. The van der Waals surface area contributed by atoms with Gasteiger partial charge in [-0.05, 0) is 44.2 Å². The van der Waals surface area contributed by atoms with Crippen molar-refractivity contribution in [3.8, 4) is 22.8 Å². The number of pyridine rings is 2. The van der Waals surface area contributed by atoms with Crippen LogP contribution in [0.2, 0.25) is 0 Å². The first kappa shape index (κ1) is 20.9. The predicted octanol–water partition coefficient (Wildman–Crippen LogP) is 4.06. The SMILES string of the molecule is COc1cc(OC)cc(C(=O)Nc2cnc(C)c(-c3ccc(C(C)=O)c(F)n3)c2)c1. The fraction of sp³-hybridized carbons (Fsp3) is 0.182. The van der Waals surface area contributed by atoms with Gasteiger partial charge in [0.2, 0.25) is 5.95 Å². The Balaban J connectivity index is 1.91. The van der Waals surface area contributed by atoms with Crippen LogP contribution in [0.25, 0.3) is 11.3 Å². The number of hydrogen-bond donors (Lipinski definition) is 1. The minimum atomic E-state index is -0.850. The van der Waals surface area contributed by atoms with Gasteiger partial charge in [0.05, 0.1) is 37.4 Å². The van der Waals surface area contributed by atoms with Crippen LogP contribution in [0.4, 0.5) is 10.1 Å². The third kappa shape index (κ3) is 4.43. The van der Waals surface area contributed by atoms with Crippen LogP contribution in [-0.4, -0.2) is 35.9 Å². The molecule has 8 heteroatoms. The van der Waals surface area contributed by atoms with E-state index in [9.17, 15) is 14.0 Å². The highest BCUT2D eigenvalue weighted by molar-refractivity contribution is 6.05. The molecule has 2 aromatic heterocycles. The van der Waals surface area contributed by atoms with Crippen molar-refractivity contribution >= 4 is 17.4 Å². The molecule has 0 bridgehead atoms. The van der Waals surface area contributed by atoms with Crippen LogP contribution >= 0.6 is 0 Å². The van der Waals surface area contributed by atoms with Gasteiger partial charge < -0.3 is 14.8 Å². The summed E-state index contributed by atoms with van der Waals surface area (Å²) in [6.45, 7) is 3.02. The number of nitrogens with one attached hydrogen (secondary N) is 1. The molecule has 3 rings (SSSR count). The van der Waals surface area contributed by atoms with Crippen molar-refractivity contribution in [2.45, 2.75) is 13.8 Å². The van der Waals surface area contributed by atoms with Crippen molar-refractivity contribution in [2.24, 2.45) is 0 Å². The Hall–Kier alpha value is -3.81.